The Morgan fingerprint density at radius 3 is 2.50 bits per heavy atom. The molecule has 2 atom stereocenters. The number of amides is 2. The van der Waals surface area contributed by atoms with Crippen LogP contribution in [0.5, 0.6) is 17.2 Å². The second kappa shape index (κ2) is 9.84. The van der Waals surface area contributed by atoms with Crippen molar-refractivity contribution in [1.82, 2.24) is 10.3 Å². The number of primary amides is 1. The quantitative estimate of drug-likeness (QED) is 0.397. The number of nitrogens with one attached hydrogen (secondary N) is 1. The first-order valence-electron chi connectivity index (χ1n) is 11.3. The molecule has 4 N–H and O–H groups in total. The number of hydrogen-bond donors (Lipinski definition) is 3. The molecule has 1 aliphatic heterocycles. The molecule has 0 unspecified atom stereocenters. The van der Waals surface area contributed by atoms with Crippen LogP contribution < -0.4 is 20.5 Å². The SMILES string of the molecule is COc1cc(C(=O)NC[C@H](c2cc3c(c(-c4ccc(F)cc4)n2)OC[C@]3(C)C(N)=O)C(F)(F)F)ccc1O. The van der Waals surface area contributed by atoms with Gasteiger partial charge in [-0.2, -0.15) is 13.2 Å². The van der Waals surface area contributed by atoms with E-state index < -0.39 is 47.4 Å². The van der Waals surface area contributed by atoms with Crippen LogP contribution in [0.3, 0.4) is 0 Å². The van der Waals surface area contributed by atoms with E-state index in [4.69, 9.17) is 15.2 Å². The maximum absolute atomic E-state index is 14.3. The molecule has 2 amide bonds. The van der Waals surface area contributed by atoms with Crippen molar-refractivity contribution in [2.24, 2.45) is 5.73 Å². The number of rotatable bonds is 7. The van der Waals surface area contributed by atoms with Gasteiger partial charge in [0.2, 0.25) is 5.91 Å². The number of methoxy groups -OCH3 is 1. The van der Waals surface area contributed by atoms with Crippen molar-refractivity contribution in [2.45, 2.75) is 24.4 Å². The Hall–Kier alpha value is -4.35. The van der Waals surface area contributed by atoms with Gasteiger partial charge in [0.05, 0.1) is 12.8 Å². The third-order valence-corrected chi connectivity index (χ3v) is 6.41. The van der Waals surface area contributed by atoms with Gasteiger partial charge in [0, 0.05) is 23.2 Å². The molecule has 3 aromatic rings. The molecular weight excluding hydrogens is 510 g/mol. The van der Waals surface area contributed by atoms with Crippen LogP contribution in [0.2, 0.25) is 0 Å². The predicted octanol–water partition coefficient (Wildman–Crippen LogP) is 3.81. The third kappa shape index (κ3) is 4.93. The zero-order chi connectivity index (χ0) is 27.8. The van der Waals surface area contributed by atoms with Crippen LogP contribution in [0.15, 0.2) is 48.5 Å². The minimum Gasteiger partial charge on any atom is -0.504 e. The largest absolute Gasteiger partial charge is 0.504 e. The molecule has 0 fully saturated rings. The fourth-order valence-electron chi connectivity index (χ4n) is 4.09. The number of nitrogens with two attached hydrogens (primary N) is 1. The topological polar surface area (TPSA) is 124 Å². The number of ether oxygens (including phenoxy) is 2. The average Bonchev–Trinajstić information content (AvgIpc) is 3.21. The Labute approximate surface area is 214 Å². The molecule has 38 heavy (non-hydrogen) atoms. The molecule has 1 aliphatic rings. The van der Waals surface area contributed by atoms with Crippen LogP contribution in [-0.2, 0) is 10.2 Å². The molecule has 200 valence electrons. The summed E-state index contributed by atoms with van der Waals surface area (Å²) in [6, 6.07) is 9.58. The monoisotopic (exact) mass is 533 g/mol. The lowest BCUT2D eigenvalue weighted by Gasteiger charge is -2.24. The summed E-state index contributed by atoms with van der Waals surface area (Å²) in [5.74, 6) is -4.70. The second-order valence-electron chi connectivity index (χ2n) is 8.96. The van der Waals surface area contributed by atoms with Gasteiger partial charge < -0.3 is 25.6 Å². The fraction of sp³-hybridized carbons (Fsp3) is 0.269. The summed E-state index contributed by atoms with van der Waals surface area (Å²) in [5, 5.41) is 12.0. The van der Waals surface area contributed by atoms with Crippen molar-refractivity contribution in [3.05, 3.63) is 71.2 Å². The Bertz CT molecular complexity index is 1390. The molecule has 1 aromatic heterocycles. The van der Waals surface area contributed by atoms with Crippen LogP contribution in [0.25, 0.3) is 11.3 Å². The molecule has 4 rings (SSSR count). The number of alkyl halides is 3. The van der Waals surface area contributed by atoms with Gasteiger partial charge in [-0.3, -0.25) is 9.59 Å². The van der Waals surface area contributed by atoms with Gasteiger partial charge in [0.1, 0.15) is 35.2 Å². The summed E-state index contributed by atoms with van der Waals surface area (Å²) in [5.41, 5.74) is 3.95. The van der Waals surface area contributed by atoms with Gasteiger partial charge >= 0.3 is 6.18 Å². The van der Waals surface area contributed by atoms with Crippen molar-refractivity contribution in [3.8, 4) is 28.5 Å². The molecule has 0 spiro atoms. The first-order chi connectivity index (χ1) is 17.8. The summed E-state index contributed by atoms with van der Waals surface area (Å²) in [7, 11) is 1.26. The van der Waals surface area contributed by atoms with E-state index in [0.29, 0.717) is 0 Å². The highest BCUT2D eigenvalue weighted by atomic mass is 19.4. The smallest absolute Gasteiger partial charge is 0.398 e. The highest BCUT2D eigenvalue weighted by molar-refractivity contribution is 5.95. The number of aromatic hydroxyl groups is 1. The number of phenolic OH excluding ortho intramolecular Hbond substituents is 1. The van der Waals surface area contributed by atoms with E-state index in [1.807, 2.05) is 0 Å². The lowest BCUT2D eigenvalue weighted by Crippen LogP contribution is -2.40. The fourth-order valence-corrected chi connectivity index (χ4v) is 4.09. The number of aromatic nitrogens is 1. The van der Waals surface area contributed by atoms with Crippen LogP contribution in [0.4, 0.5) is 17.6 Å². The summed E-state index contributed by atoms with van der Waals surface area (Å²) in [6.07, 6.45) is -4.86. The van der Waals surface area contributed by atoms with Gasteiger partial charge in [0.25, 0.3) is 5.91 Å². The van der Waals surface area contributed by atoms with Crippen LogP contribution in [-0.4, -0.2) is 48.3 Å². The molecule has 0 saturated heterocycles. The lowest BCUT2D eigenvalue weighted by molar-refractivity contribution is -0.149. The maximum atomic E-state index is 14.3. The van der Waals surface area contributed by atoms with Gasteiger partial charge in [-0.1, -0.05) is 0 Å². The molecule has 0 aliphatic carbocycles. The molecule has 2 aromatic carbocycles. The molecular formula is C26H23F4N3O5. The maximum Gasteiger partial charge on any atom is 0.398 e. The van der Waals surface area contributed by atoms with E-state index in [1.165, 1.54) is 44.4 Å². The minimum atomic E-state index is -4.86. The number of nitrogens with zero attached hydrogens (tertiary/aromatic N) is 1. The van der Waals surface area contributed by atoms with E-state index in [-0.39, 0.29) is 46.2 Å². The van der Waals surface area contributed by atoms with Crippen molar-refractivity contribution >= 4 is 11.8 Å². The van der Waals surface area contributed by atoms with E-state index >= 15 is 0 Å². The molecule has 0 saturated carbocycles. The van der Waals surface area contributed by atoms with Crippen molar-refractivity contribution in [2.75, 3.05) is 20.3 Å². The Balaban J connectivity index is 1.76. The van der Waals surface area contributed by atoms with Crippen molar-refractivity contribution in [3.63, 3.8) is 0 Å². The van der Waals surface area contributed by atoms with Gasteiger partial charge in [-0.15, -0.1) is 0 Å². The molecule has 8 nitrogen and oxygen atoms in total. The number of carbonyl (C=O) groups is 2. The van der Waals surface area contributed by atoms with Crippen LogP contribution in [0.1, 0.15) is 34.5 Å². The number of benzene rings is 2. The number of hydrogen-bond acceptors (Lipinski definition) is 6. The van der Waals surface area contributed by atoms with Crippen molar-refractivity contribution < 1.29 is 41.7 Å². The zero-order valence-corrected chi connectivity index (χ0v) is 20.2. The highest BCUT2D eigenvalue weighted by Crippen LogP contribution is 2.46. The Kier molecular flexibility index (Phi) is 6.92. The van der Waals surface area contributed by atoms with Gasteiger partial charge in [-0.05, 0) is 55.5 Å². The molecule has 12 heteroatoms. The number of fused-ring (bicyclic) bond motifs is 1. The highest BCUT2D eigenvalue weighted by Gasteiger charge is 2.47. The van der Waals surface area contributed by atoms with E-state index in [9.17, 15) is 32.3 Å². The number of halogens is 4. The minimum absolute atomic E-state index is 0.0219. The van der Waals surface area contributed by atoms with E-state index in [1.54, 1.807) is 0 Å². The van der Waals surface area contributed by atoms with Crippen LogP contribution in [0, 0.1) is 5.82 Å². The summed E-state index contributed by atoms with van der Waals surface area (Å²) in [6.45, 7) is 0.337. The standard InChI is InChI=1S/C26H23F4N3O5/c1-25(24(31)36)12-38-22-16(25)10-18(33-21(22)13-3-6-15(27)7-4-13)17(26(28,29)30)11-32-23(35)14-5-8-19(34)20(9-14)37-2/h3-10,17,34H,11-12H2,1-2H3,(H2,31,36)(H,32,35)/t17-,25+/m1/s1. The average molecular weight is 533 g/mol. The predicted molar refractivity (Wildman–Crippen MR) is 127 cm³/mol. The third-order valence-electron chi connectivity index (χ3n) is 6.41. The van der Waals surface area contributed by atoms with Gasteiger partial charge in [0.15, 0.2) is 11.5 Å². The number of carbonyl (C=O) groups excluding carboxylic acids is 2. The normalized spacial score (nSPS) is 17.3. The molecule has 0 radical (unpaired) electrons. The second-order valence-corrected chi connectivity index (χ2v) is 8.96. The molecule has 0 bridgehead atoms. The summed E-state index contributed by atoms with van der Waals surface area (Å²) in [4.78, 5) is 29.1. The van der Waals surface area contributed by atoms with Gasteiger partial charge in [-0.25, -0.2) is 9.37 Å². The summed E-state index contributed by atoms with van der Waals surface area (Å²) < 4.78 is 67.0. The zero-order valence-electron chi connectivity index (χ0n) is 20.2. The van der Waals surface area contributed by atoms with E-state index in [0.717, 1.165) is 18.2 Å². The molecule has 2 heterocycles. The number of phenols is 1. The first kappa shape index (κ1) is 26.7. The number of pyridine rings is 1. The van der Waals surface area contributed by atoms with E-state index in [2.05, 4.69) is 10.3 Å². The lowest BCUT2D eigenvalue weighted by atomic mass is 9.82. The first-order valence-corrected chi connectivity index (χ1v) is 11.3. The van der Waals surface area contributed by atoms with Crippen LogP contribution >= 0.6 is 0 Å². The Morgan fingerprint density at radius 2 is 1.89 bits per heavy atom. The Morgan fingerprint density at radius 1 is 1.21 bits per heavy atom. The summed E-state index contributed by atoms with van der Waals surface area (Å²) >= 11 is 0. The van der Waals surface area contributed by atoms with Crippen molar-refractivity contribution in [1.29, 1.82) is 0 Å².